The Bertz CT molecular complexity index is 478. The fourth-order valence-corrected chi connectivity index (χ4v) is 2.93. The molecule has 1 N–H and O–H groups in total. The van der Waals surface area contributed by atoms with Crippen molar-refractivity contribution in [3.63, 3.8) is 0 Å². The molecule has 2 rings (SSSR count). The highest BCUT2D eigenvalue weighted by molar-refractivity contribution is 5.36. The third kappa shape index (κ3) is 4.86. The van der Waals surface area contributed by atoms with Gasteiger partial charge in [-0.2, -0.15) is 0 Å². The summed E-state index contributed by atoms with van der Waals surface area (Å²) in [5.74, 6) is 5.61. The van der Waals surface area contributed by atoms with E-state index < -0.39 is 0 Å². The molecular formula is C18H26N2O. The third-order valence-electron chi connectivity index (χ3n) is 4.33. The lowest BCUT2D eigenvalue weighted by Crippen LogP contribution is -2.42. The first kappa shape index (κ1) is 16.0. The topological polar surface area (TPSA) is 26.7 Å². The van der Waals surface area contributed by atoms with E-state index in [0.717, 1.165) is 12.1 Å². The van der Waals surface area contributed by atoms with Gasteiger partial charge in [-0.1, -0.05) is 30.9 Å². The first-order valence-corrected chi connectivity index (χ1v) is 7.84. The number of rotatable bonds is 4. The predicted molar refractivity (Wildman–Crippen MR) is 87.0 cm³/mol. The number of benzene rings is 1. The zero-order valence-corrected chi connectivity index (χ0v) is 13.2. The van der Waals surface area contributed by atoms with Crippen LogP contribution in [0.3, 0.4) is 0 Å². The van der Waals surface area contributed by atoms with Gasteiger partial charge in [0.2, 0.25) is 0 Å². The molecule has 0 aromatic heterocycles. The van der Waals surface area contributed by atoms with Crippen molar-refractivity contribution in [3.8, 4) is 11.8 Å². The zero-order chi connectivity index (χ0) is 15.1. The molecule has 0 amide bonds. The van der Waals surface area contributed by atoms with E-state index in [4.69, 9.17) is 5.11 Å². The molecule has 0 saturated carbocycles. The Labute approximate surface area is 128 Å². The molecule has 1 aromatic carbocycles. The van der Waals surface area contributed by atoms with Crippen LogP contribution in [0.2, 0.25) is 0 Å². The highest BCUT2D eigenvalue weighted by atomic mass is 16.2. The SMILES string of the molecule is CCN1CCC(N(C)Cc2ccc(C#CCO)cc2)CC1. The van der Waals surface area contributed by atoms with E-state index in [0.29, 0.717) is 6.04 Å². The summed E-state index contributed by atoms with van der Waals surface area (Å²) < 4.78 is 0. The Morgan fingerprint density at radius 1 is 1.24 bits per heavy atom. The molecule has 1 fully saturated rings. The maximum atomic E-state index is 8.70. The van der Waals surface area contributed by atoms with Crippen LogP contribution in [0.4, 0.5) is 0 Å². The fourth-order valence-electron chi connectivity index (χ4n) is 2.93. The van der Waals surface area contributed by atoms with Crippen molar-refractivity contribution in [2.45, 2.75) is 32.4 Å². The van der Waals surface area contributed by atoms with Gasteiger partial charge < -0.3 is 10.0 Å². The van der Waals surface area contributed by atoms with E-state index >= 15 is 0 Å². The molecule has 0 spiro atoms. The van der Waals surface area contributed by atoms with E-state index in [2.05, 4.69) is 47.7 Å². The van der Waals surface area contributed by atoms with Gasteiger partial charge in [0, 0.05) is 18.2 Å². The van der Waals surface area contributed by atoms with Gasteiger partial charge in [0.05, 0.1) is 0 Å². The molecule has 114 valence electrons. The largest absolute Gasteiger partial charge is 0.384 e. The van der Waals surface area contributed by atoms with Crippen LogP contribution in [0.1, 0.15) is 30.9 Å². The van der Waals surface area contributed by atoms with Crippen molar-refractivity contribution in [3.05, 3.63) is 35.4 Å². The third-order valence-corrected chi connectivity index (χ3v) is 4.33. The Balaban J connectivity index is 1.86. The van der Waals surface area contributed by atoms with E-state index in [1.165, 1.54) is 38.0 Å². The number of hydrogen-bond donors (Lipinski definition) is 1. The molecule has 3 nitrogen and oxygen atoms in total. The monoisotopic (exact) mass is 286 g/mol. The van der Waals surface area contributed by atoms with Gasteiger partial charge >= 0.3 is 0 Å². The van der Waals surface area contributed by atoms with Gasteiger partial charge in [-0.3, -0.25) is 4.90 Å². The van der Waals surface area contributed by atoms with Crippen molar-refractivity contribution in [2.24, 2.45) is 0 Å². The molecule has 0 unspecified atom stereocenters. The summed E-state index contributed by atoms with van der Waals surface area (Å²) in [5.41, 5.74) is 2.29. The van der Waals surface area contributed by atoms with Crippen molar-refractivity contribution in [1.29, 1.82) is 0 Å². The first-order valence-electron chi connectivity index (χ1n) is 7.84. The second-order valence-electron chi connectivity index (χ2n) is 5.74. The predicted octanol–water partition coefficient (Wildman–Crippen LogP) is 1.95. The van der Waals surface area contributed by atoms with Crippen LogP contribution in [0.5, 0.6) is 0 Å². The summed E-state index contributed by atoms with van der Waals surface area (Å²) in [6, 6.07) is 9.04. The number of likely N-dealkylation sites (tertiary alicyclic amines) is 1. The maximum Gasteiger partial charge on any atom is 0.104 e. The lowest BCUT2D eigenvalue weighted by Gasteiger charge is -2.36. The molecule has 21 heavy (non-hydrogen) atoms. The molecule has 1 heterocycles. The average Bonchev–Trinajstić information content (AvgIpc) is 2.54. The van der Waals surface area contributed by atoms with Crippen LogP contribution < -0.4 is 0 Å². The Morgan fingerprint density at radius 2 is 1.90 bits per heavy atom. The highest BCUT2D eigenvalue weighted by Crippen LogP contribution is 2.17. The zero-order valence-electron chi connectivity index (χ0n) is 13.2. The number of aliphatic hydroxyl groups excluding tert-OH is 1. The first-order chi connectivity index (χ1) is 10.2. The Morgan fingerprint density at radius 3 is 2.48 bits per heavy atom. The number of nitrogens with zero attached hydrogens (tertiary/aromatic N) is 2. The van der Waals surface area contributed by atoms with Crippen LogP contribution in [0.25, 0.3) is 0 Å². The van der Waals surface area contributed by atoms with Crippen molar-refractivity contribution >= 4 is 0 Å². The van der Waals surface area contributed by atoms with Crippen LogP contribution in [-0.2, 0) is 6.54 Å². The van der Waals surface area contributed by atoms with Gasteiger partial charge in [-0.05, 0) is 57.2 Å². The molecule has 1 aliphatic heterocycles. The van der Waals surface area contributed by atoms with Crippen molar-refractivity contribution in [1.82, 2.24) is 9.80 Å². The normalized spacial score (nSPS) is 16.8. The van der Waals surface area contributed by atoms with Gasteiger partial charge in [-0.15, -0.1) is 0 Å². The van der Waals surface area contributed by atoms with Crippen molar-refractivity contribution < 1.29 is 5.11 Å². The standard InChI is InChI=1S/C18H26N2O/c1-3-20-12-10-18(11-13-20)19(2)15-17-8-6-16(7-9-17)5-4-14-21/h6-9,18,21H,3,10-15H2,1-2H3. The summed E-state index contributed by atoms with van der Waals surface area (Å²) >= 11 is 0. The summed E-state index contributed by atoms with van der Waals surface area (Å²) in [7, 11) is 2.23. The smallest absolute Gasteiger partial charge is 0.104 e. The van der Waals surface area contributed by atoms with Crippen LogP contribution in [0.15, 0.2) is 24.3 Å². The quantitative estimate of drug-likeness (QED) is 0.857. The number of aliphatic hydroxyl groups is 1. The summed E-state index contributed by atoms with van der Waals surface area (Å²) in [5, 5.41) is 8.70. The minimum Gasteiger partial charge on any atom is -0.384 e. The van der Waals surface area contributed by atoms with E-state index in [-0.39, 0.29) is 6.61 Å². The fraction of sp³-hybridized carbons (Fsp3) is 0.556. The van der Waals surface area contributed by atoms with Gasteiger partial charge in [0.25, 0.3) is 0 Å². The molecule has 1 aromatic rings. The second kappa shape index (κ2) is 8.19. The summed E-state index contributed by atoms with van der Waals surface area (Å²) in [6.07, 6.45) is 2.54. The lowest BCUT2D eigenvalue weighted by atomic mass is 10.0. The van der Waals surface area contributed by atoms with Crippen molar-refractivity contribution in [2.75, 3.05) is 33.3 Å². The molecule has 3 heteroatoms. The molecule has 0 radical (unpaired) electrons. The average molecular weight is 286 g/mol. The molecule has 1 aliphatic rings. The molecule has 0 aliphatic carbocycles. The number of hydrogen-bond acceptors (Lipinski definition) is 3. The minimum absolute atomic E-state index is 0.0824. The lowest BCUT2D eigenvalue weighted by molar-refractivity contribution is 0.127. The van der Waals surface area contributed by atoms with Gasteiger partial charge in [0.15, 0.2) is 0 Å². The summed E-state index contributed by atoms with van der Waals surface area (Å²) in [4.78, 5) is 5.00. The minimum atomic E-state index is -0.0824. The van der Waals surface area contributed by atoms with Crippen LogP contribution >= 0.6 is 0 Å². The Hall–Kier alpha value is -1.34. The van der Waals surface area contributed by atoms with Gasteiger partial charge in [0.1, 0.15) is 6.61 Å². The molecule has 1 saturated heterocycles. The Kier molecular flexibility index (Phi) is 6.25. The van der Waals surface area contributed by atoms with Crippen LogP contribution in [-0.4, -0.2) is 54.2 Å². The molecule has 0 bridgehead atoms. The maximum absolute atomic E-state index is 8.70. The molecule has 0 atom stereocenters. The second-order valence-corrected chi connectivity index (χ2v) is 5.74. The highest BCUT2D eigenvalue weighted by Gasteiger charge is 2.21. The van der Waals surface area contributed by atoms with E-state index in [9.17, 15) is 0 Å². The van der Waals surface area contributed by atoms with Crippen LogP contribution in [0, 0.1) is 11.8 Å². The van der Waals surface area contributed by atoms with E-state index in [1.54, 1.807) is 0 Å². The molecular weight excluding hydrogens is 260 g/mol. The summed E-state index contributed by atoms with van der Waals surface area (Å²) in [6.45, 7) is 6.77. The van der Waals surface area contributed by atoms with Gasteiger partial charge in [-0.25, -0.2) is 0 Å². The number of piperidine rings is 1. The van der Waals surface area contributed by atoms with E-state index in [1.807, 2.05) is 12.1 Å².